The van der Waals surface area contributed by atoms with E-state index in [0.717, 1.165) is 12.1 Å². The van der Waals surface area contributed by atoms with Crippen LogP contribution in [0.5, 0.6) is 0 Å². The Morgan fingerprint density at radius 3 is 2.32 bits per heavy atom. The SMILES string of the molecule is CCCCCCCCc1ccc(N=C(N)CCl)cc1. The van der Waals surface area contributed by atoms with Crippen LogP contribution in [0.25, 0.3) is 0 Å². The first kappa shape index (κ1) is 16.0. The van der Waals surface area contributed by atoms with Gasteiger partial charge in [-0.2, -0.15) is 0 Å². The molecule has 0 saturated heterocycles. The molecule has 0 aromatic heterocycles. The lowest BCUT2D eigenvalue weighted by Crippen LogP contribution is -2.12. The van der Waals surface area contributed by atoms with E-state index < -0.39 is 0 Å². The van der Waals surface area contributed by atoms with Crippen LogP contribution < -0.4 is 5.73 Å². The van der Waals surface area contributed by atoms with Crippen LogP contribution in [-0.2, 0) is 6.42 Å². The lowest BCUT2D eigenvalue weighted by Gasteiger charge is -2.03. The summed E-state index contributed by atoms with van der Waals surface area (Å²) in [4.78, 5) is 4.21. The van der Waals surface area contributed by atoms with Gasteiger partial charge in [-0.1, -0.05) is 51.2 Å². The molecule has 1 rings (SSSR count). The topological polar surface area (TPSA) is 38.4 Å². The van der Waals surface area contributed by atoms with Crippen molar-refractivity contribution >= 4 is 23.1 Å². The Morgan fingerprint density at radius 2 is 1.68 bits per heavy atom. The summed E-state index contributed by atoms with van der Waals surface area (Å²) in [6, 6.07) is 8.27. The summed E-state index contributed by atoms with van der Waals surface area (Å²) in [5.74, 6) is 0.741. The second kappa shape index (κ2) is 9.85. The average Bonchev–Trinajstić information content (AvgIpc) is 2.44. The van der Waals surface area contributed by atoms with Gasteiger partial charge in [0.2, 0.25) is 0 Å². The number of aliphatic imine (C=N–C) groups is 1. The lowest BCUT2D eigenvalue weighted by molar-refractivity contribution is 0.607. The number of nitrogens with zero attached hydrogens (tertiary/aromatic N) is 1. The van der Waals surface area contributed by atoms with Crippen LogP contribution in [-0.4, -0.2) is 11.7 Å². The minimum atomic E-state index is 0.277. The summed E-state index contributed by atoms with van der Waals surface area (Å²) in [6.07, 6.45) is 9.18. The first-order chi connectivity index (χ1) is 9.26. The van der Waals surface area contributed by atoms with Crippen molar-refractivity contribution in [3.8, 4) is 0 Å². The van der Waals surface area contributed by atoms with E-state index in [1.165, 1.54) is 44.1 Å². The number of rotatable bonds is 9. The van der Waals surface area contributed by atoms with E-state index in [2.05, 4.69) is 24.0 Å². The Labute approximate surface area is 122 Å². The van der Waals surface area contributed by atoms with Gasteiger partial charge in [-0.25, -0.2) is 4.99 Å². The zero-order valence-corrected chi connectivity index (χ0v) is 12.6. The standard InChI is InChI=1S/C16H25ClN2/c1-2-3-4-5-6-7-8-14-9-11-15(12-10-14)19-16(18)13-17/h9-12H,2-8,13H2,1H3,(H2,18,19). The molecule has 2 nitrogen and oxygen atoms in total. The monoisotopic (exact) mass is 280 g/mol. The Morgan fingerprint density at radius 1 is 1.05 bits per heavy atom. The van der Waals surface area contributed by atoms with E-state index in [1.807, 2.05) is 12.1 Å². The molecule has 0 atom stereocenters. The molecule has 3 heteroatoms. The van der Waals surface area contributed by atoms with Crippen molar-refractivity contribution < 1.29 is 0 Å². The summed E-state index contributed by atoms with van der Waals surface area (Å²) >= 11 is 5.60. The smallest absolute Gasteiger partial charge is 0.115 e. The largest absolute Gasteiger partial charge is 0.386 e. The zero-order chi connectivity index (χ0) is 13.9. The molecule has 106 valence electrons. The summed E-state index contributed by atoms with van der Waals surface area (Å²) in [5, 5.41) is 0. The van der Waals surface area contributed by atoms with Gasteiger partial charge in [-0.15, -0.1) is 11.6 Å². The van der Waals surface area contributed by atoms with Gasteiger partial charge in [-0.3, -0.25) is 0 Å². The minimum absolute atomic E-state index is 0.277. The van der Waals surface area contributed by atoms with Crippen LogP contribution in [0.3, 0.4) is 0 Å². The molecule has 0 amide bonds. The van der Waals surface area contributed by atoms with Crippen LogP contribution in [0, 0.1) is 0 Å². The van der Waals surface area contributed by atoms with E-state index in [0.29, 0.717) is 5.84 Å². The maximum Gasteiger partial charge on any atom is 0.115 e. The van der Waals surface area contributed by atoms with Crippen LogP contribution in [0.4, 0.5) is 5.69 Å². The Hall–Kier alpha value is -1.02. The molecule has 0 spiro atoms. The molecule has 1 aromatic carbocycles. The third kappa shape index (κ3) is 7.22. The number of unbranched alkanes of at least 4 members (excludes halogenated alkanes) is 5. The first-order valence-corrected chi connectivity index (χ1v) is 7.77. The fourth-order valence-electron chi connectivity index (χ4n) is 2.04. The molecule has 0 bridgehead atoms. The first-order valence-electron chi connectivity index (χ1n) is 7.24. The molecule has 1 aromatic rings. The second-order valence-electron chi connectivity index (χ2n) is 4.92. The van der Waals surface area contributed by atoms with Gasteiger partial charge in [-0.05, 0) is 30.5 Å². The van der Waals surface area contributed by atoms with Crippen molar-refractivity contribution in [1.29, 1.82) is 0 Å². The fraction of sp³-hybridized carbons (Fsp3) is 0.562. The molecule has 0 heterocycles. The van der Waals surface area contributed by atoms with Gasteiger partial charge in [0.15, 0.2) is 0 Å². The van der Waals surface area contributed by atoms with Gasteiger partial charge >= 0.3 is 0 Å². The highest BCUT2D eigenvalue weighted by Crippen LogP contribution is 2.15. The summed E-state index contributed by atoms with van der Waals surface area (Å²) in [5.41, 5.74) is 7.85. The molecular formula is C16H25ClN2. The van der Waals surface area contributed by atoms with Crippen molar-refractivity contribution in [3.05, 3.63) is 29.8 Å². The fourth-order valence-corrected chi connectivity index (χ4v) is 2.10. The van der Waals surface area contributed by atoms with Gasteiger partial charge in [0, 0.05) is 0 Å². The third-order valence-corrected chi connectivity index (χ3v) is 3.44. The van der Waals surface area contributed by atoms with Crippen molar-refractivity contribution in [2.45, 2.75) is 51.9 Å². The zero-order valence-electron chi connectivity index (χ0n) is 11.9. The predicted octanol–water partition coefficient (Wildman–Crippen LogP) is 4.82. The molecule has 0 aliphatic carbocycles. The third-order valence-electron chi connectivity index (χ3n) is 3.16. The van der Waals surface area contributed by atoms with E-state index in [1.54, 1.807) is 0 Å². The Balaban J connectivity index is 2.28. The van der Waals surface area contributed by atoms with Gasteiger partial charge < -0.3 is 5.73 Å². The van der Waals surface area contributed by atoms with Crippen molar-refractivity contribution in [3.63, 3.8) is 0 Å². The van der Waals surface area contributed by atoms with E-state index in [9.17, 15) is 0 Å². The summed E-state index contributed by atoms with van der Waals surface area (Å²) in [6.45, 7) is 2.25. The molecule has 0 aliphatic rings. The van der Waals surface area contributed by atoms with Gasteiger partial charge in [0.1, 0.15) is 5.84 Å². The molecular weight excluding hydrogens is 256 g/mol. The van der Waals surface area contributed by atoms with Crippen LogP contribution in [0.2, 0.25) is 0 Å². The number of hydrogen-bond acceptors (Lipinski definition) is 1. The number of halogens is 1. The Bertz CT molecular complexity index is 371. The number of amidine groups is 1. The van der Waals surface area contributed by atoms with Crippen LogP contribution in [0.15, 0.2) is 29.3 Å². The number of nitrogens with two attached hydrogens (primary N) is 1. The Kier molecular flexibility index (Phi) is 8.31. The highest BCUT2D eigenvalue weighted by Gasteiger charge is 1.96. The van der Waals surface area contributed by atoms with Gasteiger partial charge in [0.05, 0.1) is 11.6 Å². The van der Waals surface area contributed by atoms with Crippen molar-refractivity contribution in [1.82, 2.24) is 0 Å². The van der Waals surface area contributed by atoms with Crippen LogP contribution in [0.1, 0.15) is 51.0 Å². The number of benzene rings is 1. The molecule has 0 aliphatic heterocycles. The maximum atomic E-state index is 5.60. The molecule has 0 saturated carbocycles. The predicted molar refractivity (Wildman–Crippen MR) is 85.5 cm³/mol. The van der Waals surface area contributed by atoms with Crippen molar-refractivity contribution in [2.24, 2.45) is 10.7 Å². The second-order valence-corrected chi connectivity index (χ2v) is 5.19. The highest BCUT2D eigenvalue weighted by atomic mass is 35.5. The highest BCUT2D eigenvalue weighted by molar-refractivity contribution is 6.28. The van der Waals surface area contributed by atoms with E-state index in [-0.39, 0.29) is 5.88 Å². The van der Waals surface area contributed by atoms with Crippen LogP contribution >= 0.6 is 11.6 Å². The molecule has 0 radical (unpaired) electrons. The maximum absolute atomic E-state index is 5.60. The molecule has 19 heavy (non-hydrogen) atoms. The van der Waals surface area contributed by atoms with Crippen molar-refractivity contribution in [2.75, 3.05) is 5.88 Å². The molecule has 0 unspecified atom stereocenters. The average molecular weight is 281 g/mol. The molecule has 2 N–H and O–H groups in total. The van der Waals surface area contributed by atoms with E-state index in [4.69, 9.17) is 17.3 Å². The molecule has 0 fully saturated rings. The van der Waals surface area contributed by atoms with Gasteiger partial charge in [0.25, 0.3) is 0 Å². The number of alkyl halides is 1. The summed E-state index contributed by atoms with van der Waals surface area (Å²) < 4.78 is 0. The normalized spacial score (nSPS) is 11.8. The number of aryl methyl sites for hydroxylation is 1. The lowest BCUT2D eigenvalue weighted by atomic mass is 10.0. The number of hydrogen-bond donors (Lipinski definition) is 1. The van der Waals surface area contributed by atoms with E-state index >= 15 is 0 Å². The quantitative estimate of drug-likeness (QED) is 0.299. The minimum Gasteiger partial charge on any atom is -0.386 e. The summed E-state index contributed by atoms with van der Waals surface area (Å²) in [7, 11) is 0.